The van der Waals surface area contributed by atoms with Gasteiger partial charge in [-0.1, -0.05) is 0 Å². The maximum Gasteiger partial charge on any atom is 0.0989 e. The SMILES string of the molecule is C1Cc2nc(C3CC4CCC3O4)sc2CN1. The first-order valence-corrected chi connectivity index (χ1v) is 7.06. The van der Waals surface area contributed by atoms with Crippen LogP contribution in [0.3, 0.4) is 0 Å². The summed E-state index contributed by atoms with van der Waals surface area (Å²) in [7, 11) is 0. The van der Waals surface area contributed by atoms with E-state index in [9.17, 15) is 0 Å². The summed E-state index contributed by atoms with van der Waals surface area (Å²) in [6, 6.07) is 0. The minimum absolute atomic E-state index is 0.477. The van der Waals surface area contributed by atoms with Crippen LogP contribution in [0.25, 0.3) is 0 Å². The Bertz CT molecular complexity index is 394. The number of rotatable bonds is 1. The molecule has 4 rings (SSSR count). The Hall–Kier alpha value is -0.450. The zero-order chi connectivity index (χ0) is 10.5. The number of ether oxygens (including phenoxy) is 1. The van der Waals surface area contributed by atoms with Gasteiger partial charge in [-0.2, -0.15) is 0 Å². The maximum atomic E-state index is 5.92. The first-order chi connectivity index (χ1) is 7.90. The molecule has 3 unspecified atom stereocenters. The van der Waals surface area contributed by atoms with Gasteiger partial charge in [0.25, 0.3) is 0 Å². The fourth-order valence-corrected chi connectivity index (χ4v) is 4.45. The van der Waals surface area contributed by atoms with Gasteiger partial charge in [-0.3, -0.25) is 0 Å². The van der Waals surface area contributed by atoms with Crippen LogP contribution < -0.4 is 5.32 Å². The molecule has 0 amide bonds. The van der Waals surface area contributed by atoms with E-state index in [1.807, 2.05) is 11.3 Å². The van der Waals surface area contributed by atoms with Gasteiger partial charge in [0.05, 0.1) is 22.9 Å². The van der Waals surface area contributed by atoms with Crippen LogP contribution in [0, 0.1) is 0 Å². The highest BCUT2D eigenvalue weighted by atomic mass is 32.1. The number of nitrogens with zero attached hydrogens (tertiary/aromatic N) is 1. The molecule has 0 saturated carbocycles. The van der Waals surface area contributed by atoms with Gasteiger partial charge in [-0.25, -0.2) is 4.98 Å². The number of fused-ring (bicyclic) bond motifs is 3. The second-order valence-corrected chi connectivity index (χ2v) is 6.18. The first kappa shape index (κ1) is 9.57. The van der Waals surface area contributed by atoms with E-state index in [0.717, 1.165) is 19.5 Å². The molecule has 3 atom stereocenters. The Balaban J connectivity index is 1.65. The van der Waals surface area contributed by atoms with E-state index in [1.54, 1.807) is 0 Å². The Kier molecular flexibility index (Phi) is 2.10. The molecule has 4 heteroatoms. The molecule has 3 nitrogen and oxygen atoms in total. The Morgan fingerprint density at radius 2 is 2.38 bits per heavy atom. The summed E-state index contributed by atoms with van der Waals surface area (Å²) in [5.41, 5.74) is 1.35. The van der Waals surface area contributed by atoms with Crippen molar-refractivity contribution in [1.82, 2.24) is 10.3 Å². The van der Waals surface area contributed by atoms with E-state index < -0.39 is 0 Å². The van der Waals surface area contributed by atoms with Crippen molar-refractivity contribution in [2.75, 3.05) is 6.54 Å². The predicted molar refractivity (Wildman–Crippen MR) is 62.8 cm³/mol. The lowest BCUT2D eigenvalue weighted by molar-refractivity contribution is 0.100. The molecule has 2 bridgehead atoms. The molecular weight excluding hydrogens is 220 g/mol. The Labute approximate surface area is 99.2 Å². The van der Waals surface area contributed by atoms with Crippen molar-refractivity contribution in [3.8, 4) is 0 Å². The van der Waals surface area contributed by atoms with Crippen molar-refractivity contribution in [1.29, 1.82) is 0 Å². The van der Waals surface area contributed by atoms with Crippen LogP contribution in [0.15, 0.2) is 0 Å². The van der Waals surface area contributed by atoms with Gasteiger partial charge in [0, 0.05) is 30.3 Å². The fourth-order valence-electron chi connectivity index (χ4n) is 3.20. The van der Waals surface area contributed by atoms with Crippen molar-refractivity contribution in [2.45, 2.75) is 50.4 Å². The standard InChI is InChI=1S/C12H16N2OS/c1-2-10-8(5-7(1)15-10)12-14-9-3-4-13-6-11(9)16-12/h7-8,10,13H,1-6H2. The van der Waals surface area contributed by atoms with Gasteiger partial charge in [-0.15, -0.1) is 11.3 Å². The van der Waals surface area contributed by atoms with Crippen LogP contribution >= 0.6 is 11.3 Å². The molecule has 0 aromatic carbocycles. The van der Waals surface area contributed by atoms with Gasteiger partial charge < -0.3 is 10.1 Å². The summed E-state index contributed by atoms with van der Waals surface area (Å²) in [5, 5.41) is 4.77. The molecule has 4 heterocycles. The Morgan fingerprint density at radius 1 is 1.38 bits per heavy atom. The third-order valence-electron chi connectivity index (χ3n) is 4.04. The molecule has 0 spiro atoms. The lowest BCUT2D eigenvalue weighted by atomic mass is 9.90. The Morgan fingerprint density at radius 3 is 3.12 bits per heavy atom. The normalized spacial score (nSPS) is 36.6. The summed E-state index contributed by atoms with van der Waals surface area (Å²) in [6.07, 6.45) is 5.85. The molecular formula is C12H16N2OS. The highest BCUT2D eigenvalue weighted by Crippen LogP contribution is 2.45. The summed E-state index contributed by atoms with van der Waals surface area (Å²) in [5.74, 6) is 0.606. The van der Waals surface area contributed by atoms with Gasteiger partial charge in [-0.05, 0) is 19.3 Å². The molecule has 0 aliphatic carbocycles. The van der Waals surface area contributed by atoms with Gasteiger partial charge in [0.1, 0.15) is 0 Å². The van der Waals surface area contributed by atoms with E-state index in [2.05, 4.69) is 5.32 Å². The van der Waals surface area contributed by atoms with Crippen LogP contribution in [0.1, 0.15) is 40.8 Å². The number of hydrogen-bond acceptors (Lipinski definition) is 4. The number of aromatic nitrogens is 1. The van der Waals surface area contributed by atoms with Crippen molar-refractivity contribution in [3.05, 3.63) is 15.6 Å². The molecule has 1 aromatic rings. The van der Waals surface area contributed by atoms with Crippen molar-refractivity contribution >= 4 is 11.3 Å². The molecule has 3 aliphatic rings. The van der Waals surface area contributed by atoms with Crippen LogP contribution in [-0.2, 0) is 17.7 Å². The third kappa shape index (κ3) is 1.36. The van der Waals surface area contributed by atoms with Crippen LogP contribution in [-0.4, -0.2) is 23.7 Å². The summed E-state index contributed by atoms with van der Waals surface area (Å²) in [4.78, 5) is 6.31. The molecule has 2 fully saturated rings. The topological polar surface area (TPSA) is 34.1 Å². The smallest absolute Gasteiger partial charge is 0.0989 e. The molecule has 2 saturated heterocycles. The highest BCUT2D eigenvalue weighted by Gasteiger charge is 2.43. The van der Waals surface area contributed by atoms with E-state index in [0.29, 0.717) is 18.1 Å². The summed E-state index contributed by atoms with van der Waals surface area (Å²) < 4.78 is 5.92. The number of thiazole rings is 1. The van der Waals surface area contributed by atoms with E-state index >= 15 is 0 Å². The van der Waals surface area contributed by atoms with Gasteiger partial charge in [0.2, 0.25) is 0 Å². The fraction of sp³-hybridized carbons (Fsp3) is 0.750. The van der Waals surface area contributed by atoms with E-state index in [1.165, 1.54) is 34.8 Å². The monoisotopic (exact) mass is 236 g/mol. The molecule has 1 N–H and O–H groups in total. The van der Waals surface area contributed by atoms with Crippen molar-refractivity contribution in [2.24, 2.45) is 0 Å². The largest absolute Gasteiger partial charge is 0.374 e. The zero-order valence-electron chi connectivity index (χ0n) is 9.24. The third-order valence-corrected chi connectivity index (χ3v) is 5.27. The van der Waals surface area contributed by atoms with Crippen LogP contribution in [0.5, 0.6) is 0 Å². The second kappa shape index (κ2) is 3.52. The highest BCUT2D eigenvalue weighted by molar-refractivity contribution is 7.11. The van der Waals surface area contributed by atoms with Gasteiger partial charge in [0.15, 0.2) is 0 Å². The van der Waals surface area contributed by atoms with E-state index in [-0.39, 0.29) is 0 Å². The van der Waals surface area contributed by atoms with Crippen LogP contribution in [0.2, 0.25) is 0 Å². The molecule has 86 valence electrons. The number of hydrogen-bond donors (Lipinski definition) is 1. The molecule has 3 aliphatic heterocycles. The minimum Gasteiger partial charge on any atom is -0.374 e. The van der Waals surface area contributed by atoms with E-state index in [4.69, 9.17) is 9.72 Å². The maximum absolute atomic E-state index is 5.92. The van der Waals surface area contributed by atoms with Crippen LogP contribution in [0.4, 0.5) is 0 Å². The van der Waals surface area contributed by atoms with Crippen molar-refractivity contribution < 1.29 is 4.74 Å². The summed E-state index contributed by atoms with van der Waals surface area (Å²) >= 11 is 1.92. The lowest BCUT2D eigenvalue weighted by Gasteiger charge is -2.15. The van der Waals surface area contributed by atoms with Gasteiger partial charge >= 0.3 is 0 Å². The quantitative estimate of drug-likeness (QED) is 0.807. The average Bonchev–Trinajstić information content (AvgIpc) is 3.02. The zero-order valence-corrected chi connectivity index (χ0v) is 10.1. The minimum atomic E-state index is 0.477. The number of nitrogens with one attached hydrogen (secondary N) is 1. The van der Waals surface area contributed by atoms with Crippen molar-refractivity contribution in [3.63, 3.8) is 0 Å². The summed E-state index contributed by atoms with van der Waals surface area (Å²) in [6.45, 7) is 2.11. The predicted octanol–water partition coefficient (Wildman–Crippen LogP) is 1.82. The first-order valence-electron chi connectivity index (χ1n) is 6.25. The molecule has 0 radical (unpaired) electrons. The molecule has 1 aromatic heterocycles. The molecule has 16 heavy (non-hydrogen) atoms. The average molecular weight is 236 g/mol. The second-order valence-electron chi connectivity index (χ2n) is 5.06. The lowest BCUT2D eigenvalue weighted by Crippen LogP contribution is -2.22.